The lowest BCUT2D eigenvalue weighted by Crippen LogP contribution is -2.56. The molecule has 4 aliphatic heterocycles. The summed E-state index contributed by atoms with van der Waals surface area (Å²) in [5.41, 5.74) is 4.83. The summed E-state index contributed by atoms with van der Waals surface area (Å²) in [7, 11) is 0. The molecule has 4 heterocycles. The summed E-state index contributed by atoms with van der Waals surface area (Å²) in [4.78, 5) is 28.0. The number of benzene rings is 1. The minimum absolute atomic E-state index is 0.189. The predicted molar refractivity (Wildman–Crippen MR) is 114 cm³/mol. The van der Waals surface area contributed by atoms with Crippen LogP contribution in [0.4, 0.5) is 0 Å². The summed E-state index contributed by atoms with van der Waals surface area (Å²) in [5.74, 6) is -0.636. The fraction of sp³-hybridized carbons (Fsp3) is 0.565. The highest BCUT2D eigenvalue weighted by molar-refractivity contribution is 6.42. The highest BCUT2D eigenvalue weighted by atomic mass is 35.5. The number of rotatable bonds is 4. The summed E-state index contributed by atoms with van der Waals surface area (Å²) >= 11 is 6.16. The van der Waals surface area contributed by atoms with Crippen LogP contribution < -0.4 is 0 Å². The van der Waals surface area contributed by atoms with Crippen LogP contribution >= 0.6 is 11.6 Å². The van der Waals surface area contributed by atoms with Crippen molar-refractivity contribution in [1.29, 1.82) is 0 Å². The zero-order valence-corrected chi connectivity index (χ0v) is 18.5. The zero-order chi connectivity index (χ0) is 21.6. The van der Waals surface area contributed by atoms with E-state index in [0.717, 1.165) is 63.2 Å². The van der Waals surface area contributed by atoms with E-state index in [2.05, 4.69) is 22.8 Å². The molecule has 166 valence electrons. The first kappa shape index (κ1) is 20.8. The van der Waals surface area contributed by atoms with Gasteiger partial charge in [-0.05, 0) is 43.4 Å². The second kappa shape index (κ2) is 8.11. The standard InChI is InChI=1S/C23H27ClN2O5/c1-15-16(2-3-17-18(15)12-29-21(17)27)4-7-25-8-5-23(6-9-25)14-26(10-11-31-23)19-13-30-22(28)20(19)24/h2-3H,4-14H2,1H3. The van der Waals surface area contributed by atoms with E-state index < -0.39 is 5.97 Å². The second-order valence-electron chi connectivity index (χ2n) is 8.83. The van der Waals surface area contributed by atoms with Crippen LogP contribution in [-0.4, -0.2) is 73.3 Å². The molecule has 0 unspecified atom stereocenters. The molecule has 0 aliphatic carbocycles. The van der Waals surface area contributed by atoms with Crippen molar-refractivity contribution in [3.63, 3.8) is 0 Å². The van der Waals surface area contributed by atoms with Gasteiger partial charge in [-0.1, -0.05) is 17.7 Å². The van der Waals surface area contributed by atoms with Gasteiger partial charge in [-0.3, -0.25) is 0 Å². The molecule has 5 rings (SSSR count). The molecule has 1 aromatic rings. The van der Waals surface area contributed by atoms with Gasteiger partial charge in [0.2, 0.25) is 0 Å². The largest absolute Gasteiger partial charge is 0.457 e. The van der Waals surface area contributed by atoms with Crippen molar-refractivity contribution in [3.8, 4) is 0 Å². The zero-order valence-electron chi connectivity index (χ0n) is 17.7. The van der Waals surface area contributed by atoms with Crippen molar-refractivity contribution in [2.45, 2.75) is 38.4 Å². The molecular formula is C23H27ClN2O5. The Balaban J connectivity index is 1.18. The summed E-state index contributed by atoms with van der Waals surface area (Å²) in [6.07, 6.45) is 2.86. The highest BCUT2D eigenvalue weighted by Gasteiger charge is 2.41. The molecule has 0 radical (unpaired) electrons. The Morgan fingerprint density at radius 2 is 1.84 bits per heavy atom. The molecule has 2 saturated heterocycles. The maximum absolute atomic E-state index is 11.7. The third-order valence-electron chi connectivity index (χ3n) is 7.15. The van der Waals surface area contributed by atoms with E-state index >= 15 is 0 Å². The Hall–Kier alpha value is -2.09. The van der Waals surface area contributed by atoms with Crippen LogP contribution in [0.2, 0.25) is 0 Å². The van der Waals surface area contributed by atoms with Gasteiger partial charge in [-0.15, -0.1) is 0 Å². The molecule has 4 aliphatic rings. The monoisotopic (exact) mass is 446 g/mol. The number of hydrogen-bond donors (Lipinski definition) is 0. The molecular weight excluding hydrogens is 420 g/mol. The molecule has 1 aromatic carbocycles. The topological polar surface area (TPSA) is 68.3 Å². The predicted octanol–water partition coefficient (Wildman–Crippen LogP) is 2.38. The van der Waals surface area contributed by atoms with E-state index in [0.29, 0.717) is 18.8 Å². The van der Waals surface area contributed by atoms with Gasteiger partial charge in [0.25, 0.3) is 0 Å². The molecule has 7 nitrogen and oxygen atoms in total. The Labute approximate surface area is 186 Å². The van der Waals surface area contributed by atoms with E-state index in [1.165, 1.54) is 11.1 Å². The van der Waals surface area contributed by atoms with Crippen LogP contribution in [0.5, 0.6) is 0 Å². The summed E-state index contributed by atoms with van der Waals surface area (Å²) < 4.78 is 16.5. The average molecular weight is 447 g/mol. The van der Waals surface area contributed by atoms with Gasteiger partial charge in [-0.2, -0.15) is 0 Å². The van der Waals surface area contributed by atoms with Crippen molar-refractivity contribution < 1.29 is 23.8 Å². The number of likely N-dealkylation sites (tertiary alicyclic amines) is 1. The molecule has 8 heteroatoms. The molecule has 2 fully saturated rings. The van der Waals surface area contributed by atoms with Crippen molar-refractivity contribution in [3.05, 3.63) is 45.1 Å². The number of esters is 2. The van der Waals surface area contributed by atoms with Crippen LogP contribution in [0.15, 0.2) is 22.9 Å². The number of nitrogens with zero attached hydrogens (tertiary/aromatic N) is 2. The normalized spacial score (nSPS) is 23.4. The maximum Gasteiger partial charge on any atom is 0.352 e. The first-order valence-electron chi connectivity index (χ1n) is 10.9. The number of cyclic esters (lactones) is 2. The molecule has 0 aromatic heterocycles. The molecule has 1 spiro atoms. The van der Waals surface area contributed by atoms with E-state index in [-0.39, 0.29) is 23.2 Å². The smallest absolute Gasteiger partial charge is 0.352 e. The highest BCUT2D eigenvalue weighted by Crippen LogP contribution is 2.34. The average Bonchev–Trinajstić information content (AvgIpc) is 3.32. The number of halogens is 1. The van der Waals surface area contributed by atoms with Gasteiger partial charge < -0.3 is 24.0 Å². The van der Waals surface area contributed by atoms with E-state index in [4.69, 9.17) is 25.8 Å². The lowest BCUT2D eigenvalue weighted by molar-refractivity contribution is -0.136. The SMILES string of the molecule is Cc1c(CCN2CCC3(CC2)CN(C2=C(Cl)C(=O)OC2)CCO3)ccc2c1COC2=O. The lowest BCUT2D eigenvalue weighted by Gasteiger charge is -2.48. The van der Waals surface area contributed by atoms with Crippen molar-refractivity contribution in [1.82, 2.24) is 9.80 Å². The van der Waals surface area contributed by atoms with Gasteiger partial charge in [0.15, 0.2) is 0 Å². The molecule has 0 N–H and O–H groups in total. The molecule has 0 bridgehead atoms. The van der Waals surface area contributed by atoms with Crippen molar-refractivity contribution >= 4 is 23.5 Å². The van der Waals surface area contributed by atoms with Gasteiger partial charge in [0.1, 0.15) is 18.2 Å². The molecule has 0 atom stereocenters. The number of ether oxygens (including phenoxy) is 3. The third-order valence-corrected chi connectivity index (χ3v) is 7.52. The van der Waals surface area contributed by atoms with Crippen LogP contribution in [0.3, 0.4) is 0 Å². The Bertz CT molecular complexity index is 952. The van der Waals surface area contributed by atoms with Crippen LogP contribution in [0.25, 0.3) is 0 Å². The van der Waals surface area contributed by atoms with E-state index in [1.807, 2.05) is 6.07 Å². The number of carbonyl (C=O) groups excluding carboxylic acids is 2. The Morgan fingerprint density at radius 3 is 2.58 bits per heavy atom. The summed E-state index contributed by atoms with van der Waals surface area (Å²) in [6, 6.07) is 3.97. The molecule has 0 amide bonds. The number of piperidine rings is 1. The molecule has 31 heavy (non-hydrogen) atoms. The van der Waals surface area contributed by atoms with E-state index in [9.17, 15) is 9.59 Å². The minimum Gasteiger partial charge on any atom is -0.457 e. The third kappa shape index (κ3) is 3.83. The van der Waals surface area contributed by atoms with Gasteiger partial charge in [0, 0.05) is 38.3 Å². The number of morpholine rings is 1. The number of fused-ring (bicyclic) bond motifs is 1. The van der Waals surface area contributed by atoms with Crippen LogP contribution in [-0.2, 0) is 32.0 Å². The fourth-order valence-corrected chi connectivity index (χ4v) is 5.35. The Kier molecular flexibility index (Phi) is 5.44. The summed E-state index contributed by atoms with van der Waals surface area (Å²) in [5, 5.41) is 0.214. The lowest BCUT2D eigenvalue weighted by atomic mass is 9.88. The van der Waals surface area contributed by atoms with Crippen molar-refractivity contribution in [2.75, 3.05) is 45.9 Å². The van der Waals surface area contributed by atoms with Crippen molar-refractivity contribution in [2.24, 2.45) is 0 Å². The number of hydrogen-bond acceptors (Lipinski definition) is 7. The fourth-order valence-electron chi connectivity index (χ4n) is 5.12. The molecule has 0 saturated carbocycles. The minimum atomic E-state index is -0.426. The quantitative estimate of drug-likeness (QED) is 0.658. The van der Waals surface area contributed by atoms with Gasteiger partial charge >= 0.3 is 11.9 Å². The summed E-state index contributed by atoms with van der Waals surface area (Å²) in [6.45, 7) is 7.79. The van der Waals surface area contributed by atoms with Crippen LogP contribution in [0.1, 0.15) is 39.9 Å². The van der Waals surface area contributed by atoms with E-state index in [1.54, 1.807) is 0 Å². The van der Waals surface area contributed by atoms with Gasteiger partial charge in [-0.25, -0.2) is 9.59 Å². The Morgan fingerprint density at radius 1 is 1.06 bits per heavy atom. The van der Waals surface area contributed by atoms with Gasteiger partial charge in [0.05, 0.1) is 23.5 Å². The first-order chi connectivity index (χ1) is 15.0. The van der Waals surface area contributed by atoms with Crippen LogP contribution in [0, 0.1) is 6.92 Å². The maximum atomic E-state index is 11.7. The number of carbonyl (C=O) groups is 2. The first-order valence-corrected chi connectivity index (χ1v) is 11.3. The second-order valence-corrected chi connectivity index (χ2v) is 9.21.